The van der Waals surface area contributed by atoms with Gasteiger partial charge < -0.3 is 10.5 Å². The van der Waals surface area contributed by atoms with E-state index in [1.165, 1.54) is 23.9 Å². The van der Waals surface area contributed by atoms with Gasteiger partial charge in [-0.15, -0.1) is 11.8 Å². The molecule has 94 valence electrons. The first-order chi connectivity index (χ1) is 7.97. The third-order valence-corrected chi connectivity index (χ3v) is 3.74. The van der Waals surface area contributed by atoms with Crippen molar-refractivity contribution in [1.82, 2.24) is 0 Å². The van der Waals surface area contributed by atoms with E-state index in [4.69, 9.17) is 10.5 Å². The molecule has 1 aliphatic rings. The molecule has 0 atom stereocenters. The van der Waals surface area contributed by atoms with Crippen molar-refractivity contribution in [2.45, 2.75) is 17.2 Å². The molecular weight excluding hydrogens is 251 g/mol. The Labute approximate surface area is 101 Å². The number of anilines is 1. The van der Waals surface area contributed by atoms with Gasteiger partial charge in [-0.1, -0.05) is 6.07 Å². The van der Waals surface area contributed by atoms with E-state index in [9.17, 15) is 13.2 Å². The summed E-state index contributed by atoms with van der Waals surface area (Å²) in [5.41, 5.74) is 5.17. The zero-order chi connectivity index (χ0) is 12.5. The van der Waals surface area contributed by atoms with Crippen LogP contribution in [0.4, 0.5) is 18.9 Å². The first-order valence-electron chi connectivity index (χ1n) is 5.12. The molecule has 0 aliphatic carbocycles. The molecule has 1 saturated heterocycles. The fraction of sp³-hybridized carbons (Fsp3) is 0.455. The third-order valence-electron chi connectivity index (χ3n) is 2.52. The standard InChI is InChI=1S/C11H12F3NOS/c12-11(13,14)10-3-8(15)2-1-7(10)6-17-9-4-16-5-9/h1-3,9H,4-6,15H2. The van der Waals surface area contributed by atoms with Crippen LogP contribution in [0.5, 0.6) is 0 Å². The maximum absolute atomic E-state index is 12.8. The summed E-state index contributed by atoms with van der Waals surface area (Å²) in [7, 11) is 0. The Bertz CT molecular complexity index is 404. The number of rotatable bonds is 3. The largest absolute Gasteiger partial charge is 0.416 e. The number of hydrogen-bond acceptors (Lipinski definition) is 3. The molecule has 1 heterocycles. The molecule has 1 aliphatic heterocycles. The normalized spacial score (nSPS) is 16.9. The van der Waals surface area contributed by atoms with Crippen molar-refractivity contribution >= 4 is 17.4 Å². The first kappa shape index (κ1) is 12.6. The smallest absolute Gasteiger partial charge is 0.399 e. The van der Waals surface area contributed by atoms with Gasteiger partial charge in [-0.2, -0.15) is 13.2 Å². The number of ether oxygens (including phenoxy) is 1. The SMILES string of the molecule is Nc1ccc(CSC2COC2)c(C(F)(F)F)c1. The van der Waals surface area contributed by atoms with Crippen LogP contribution in [0.2, 0.25) is 0 Å². The highest BCUT2D eigenvalue weighted by Crippen LogP contribution is 2.35. The Morgan fingerprint density at radius 2 is 2.06 bits per heavy atom. The van der Waals surface area contributed by atoms with Gasteiger partial charge in [0.25, 0.3) is 0 Å². The second-order valence-corrected chi connectivity index (χ2v) is 5.17. The molecule has 1 fully saturated rings. The highest BCUT2D eigenvalue weighted by atomic mass is 32.2. The van der Waals surface area contributed by atoms with Gasteiger partial charge >= 0.3 is 6.18 Å². The quantitative estimate of drug-likeness (QED) is 0.852. The van der Waals surface area contributed by atoms with Gasteiger partial charge in [-0.25, -0.2) is 0 Å². The molecule has 0 bridgehead atoms. The van der Waals surface area contributed by atoms with Crippen LogP contribution < -0.4 is 5.73 Å². The number of alkyl halides is 3. The summed E-state index contributed by atoms with van der Waals surface area (Å²) in [5.74, 6) is 0.336. The van der Waals surface area contributed by atoms with Gasteiger partial charge in [0.15, 0.2) is 0 Å². The Kier molecular flexibility index (Phi) is 3.53. The summed E-state index contributed by atoms with van der Waals surface area (Å²) in [6.07, 6.45) is -4.35. The average Bonchev–Trinajstić information content (AvgIpc) is 2.16. The first-order valence-corrected chi connectivity index (χ1v) is 6.16. The van der Waals surface area contributed by atoms with Gasteiger partial charge in [-0.3, -0.25) is 0 Å². The Balaban J connectivity index is 2.13. The van der Waals surface area contributed by atoms with Crippen molar-refractivity contribution < 1.29 is 17.9 Å². The van der Waals surface area contributed by atoms with E-state index < -0.39 is 11.7 Å². The lowest BCUT2D eigenvalue weighted by molar-refractivity contribution is -0.138. The fourth-order valence-corrected chi connectivity index (χ4v) is 2.55. The van der Waals surface area contributed by atoms with E-state index in [0.29, 0.717) is 24.2 Å². The van der Waals surface area contributed by atoms with E-state index in [1.54, 1.807) is 0 Å². The monoisotopic (exact) mass is 263 g/mol. The molecule has 0 aromatic heterocycles. The minimum Gasteiger partial charge on any atom is -0.399 e. The summed E-state index contributed by atoms with van der Waals surface area (Å²) in [4.78, 5) is 0. The summed E-state index contributed by atoms with van der Waals surface area (Å²) in [5, 5.41) is 0.314. The van der Waals surface area contributed by atoms with Gasteiger partial charge in [0.2, 0.25) is 0 Å². The number of benzene rings is 1. The minimum atomic E-state index is -4.35. The molecule has 2 N–H and O–H groups in total. The number of thioether (sulfide) groups is 1. The van der Waals surface area contributed by atoms with Crippen molar-refractivity contribution in [1.29, 1.82) is 0 Å². The summed E-state index contributed by atoms with van der Waals surface area (Å²) in [6, 6.07) is 3.94. The van der Waals surface area contributed by atoms with Crippen LogP contribution >= 0.6 is 11.8 Å². The molecule has 6 heteroatoms. The predicted octanol–water partition coefficient (Wildman–Crippen LogP) is 2.92. The molecule has 1 aromatic rings. The Morgan fingerprint density at radius 3 is 2.59 bits per heavy atom. The van der Waals surface area contributed by atoms with Gasteiger partial charge in [-0.05, 0) is 17.7 Å². The summed E-state index contributed by atoms with van der Waals surface area (Å²) >= 11 is 1.49. The van der Waals surface area contributed by atoms with Crippen LogP contribution in [-0.4, -0.2) is 18.5 Å². The van der Waals surface area contributed by atoms with Gasteiger partial charge in [0.1, 0.15) is 0 Å². The van der Waals surface area contributed by atoms with Crippen LogP contribution in [0.25, 0.3) is 0 Å². The lowest BCUT2D eigenvalue weighted by atomic mass is 10.1. The van der Waals surface area contributed by atoms with Crippen molar-refractivity contribution in [3.8, 4) is 0 Å². The molecule has 2 nitrogen and oxygen atoms in total. The van der Waals surface area contributed by atoms with Crippen molar-refractivity contribution in [3.63, 3.8) is 0 Å². The lowest BCUT2D eigenvalue weighted by Gasteiger charge is -2.25. The van der Waals surface area contributed by atoms with E-state index in [2.05, 4.69) is 0 Å². The van der Waals surface area contributed by atoms with Gasteiger partial charge in [0.05, 0.1) is 24.0 Å². The molecule has 17 heavy (non-hydrogen) atoms. The number of nitrogens with two attached hydrogens (primary N) is 1. The molecule has 1 aromatic carbocycles. The zero-order valence-corrected chi connectivity index (χ0v) is 9.77. The van der Waals surface area contributed by atoms with E-state index in [0.717, 1.165) is 6.07 Å². The molecule has 0 saturated carbocycles. The second-order valence-electron chi connectivity index (χ2n) is 3.88. The van der Waals surface area contributed by atoms with Crippen LogP contribution in [0.3, 0.4) is 0 Å². The van der Waals surface area contributed by atoms with Crippen LogP contribution in [0.15, 0.2) is 18.2 Å². The number of hydrogen-bond donors (Lipinski definition) is 1. The molecular formula is C11H12F3NOS. The zero-order valence-electron chi connectivity index (χ0n) is 8.96. The fourth-order valence-electron chi connectivity index (χ4n) is 1.50. The van der Waals surface area contributed by atoms with E-state index in [-0.39, 0.29) is 11.3 Å². The van der Waals surface area contributed by atoms with Crippen LogP contribution in [0, 0.1) is 0 Å². The molecule has 2 rings (SSSR count). The highest BCUT2D eigenvalue weighted by Gasteiger charge is 2.33. The topological polar surface area (TPSA) is 35.2 Å². The second kappa shape index (κ2) is 4.78. The molecule has 0 unspecified atom stereocenters. The summed E-state index contributed by atoms with van der Waals surface area (Å²) < 4.78 is 43.3. The summed E-state index contributed by atoms with van der Waals surface area (Å²) in [6.45, 7) is 1.25. The predicted molar refractivity (Wildman–Crippen MR) is 61.8 cm³/mol. The lowest BCUT2D eigenvalue weighted by Crippen LogP contribution is -2.30. The maximum Gasteiger partial charge on any atom is 0.416 e. The van der Waals surface area contributed by atoms with Crippen molar-refractivity contribution in [2.75, 3.05) is 18.9 Å². The van der Waals surface area contributed by atoms with E-state index in [1.807, 2.05) is 0 Å². The molecule has 0 amide bonds. The Morgan fingerprint density at radius 1 is 1.35 bits per heavy atom. The van der Waals surface area contributed by atoms with Crippen LogP contribution in [0.1, 0.15) is 11.1 Å². The van der Waals surface area contributed by atoms with Gasteiger partial charge in [0, 0.05) is 11.4 Å². The Hall–Kier alpha value is -0.880. The number of halogens is 3. The molecule has 0 spiro atoms. The van der Waals surface area contributed by atoms with Crippen molar-refractivity contribution in [2.24, 2.45) is 0 Å². The van der Waals surface area contributed by atoms with E-state index >= 15 is 0 Å². The van der Waals surface area contributed by atoms with Crippen LogP contribution in [-0.2, 0) is 16.7 Å². The third kappa shape index (κ3) is 3.07. The number of nitrogen functional groups attached to an aromatic ring is 1. The average molecular weight is 263 g/mol. The maximum atomic E-state index is 12.8. The molecule has 0 radical (unpaired) electrons. The highest BCUT2D eigenvalue weighted by molar-refractivity contribution is 7.99. The van der Waals surface area contributed by atoms with Crippen molar-refractivity contribution in [3.05, 3.63) is 29.3 Å². The minimum absolute atomic E-state index is 0.137.